The normalized spacial score (nSPS) is 24.4. The van der Waals surface area contributed by atoms with Gasteiger partial charge >= 0.3 is 0 Å². The molecule has 1 saturated carbocycles. The number of piperazine rings is 1. The van der Waals surface area contributed by atoms with E-state index in [9.17, 15) is 23.3 Å². The van der Waals surface area contributed by atoms with Crippen molar-refractivity contribution in [2.24, 2.45) is 11.3 Å². The Morgan fingerprint density at radius 2 is 1.72 bits per heavy atom. The second-order valence-corrected chi connectivity index (χ2v) is 27.4. The summed E-state index contributed by atoms with van der Waals surface area (Å²) < 4.78 is 67.7. The first-order chi connectivity index (χ1) is 42.6. The fourth-order valence-corrected chi connectivity index (χ4v) is 16.1. The van der Waals surface area contributed by atoms with Crippen LogP contribution in [-0.4, -0.2) is 166 Å². The number of amides is 1. The Balaban J connectivity index is 0.710. The van der Waals surface area contributed by atoms with Gasteiger partial charge < -0.3 is 53.4 Å². The van der Waals surface area contributed by atoms with Crippen LogP contribution in [0.4, 0.5) is 34.3 Å². The van der Waals surface area contributed by atoms with Crippen LogP contribution < -0.4 is 38.9 Å². The molecule has 88 heavy (non-hydrogen) atoms. The average molecular weight is 1220 g/mol. The largest absolute Gasteiger partial charge is 0.489 e. The van der Waals surface area contributed by atoms with Gasteiger partial charge in [0.05, 0.1) is 65.1 Å². The minimum absolute atomic E-state index is 0.0142. The Hall–Kier alpha value is -7.28. The SMILES string of the molecule is Cc1ccccc1[C@@H]1CN(Cc2cnc(N3CCOC[C@@H]3C)c(OC(C)C)c2)CCN1C1CC2(CCN(c3ccc(C(=O)NS(=O)(=O)c4cc5c(c([N+](=O)[O-])c4)N[C@H](C4CCOCC4)CO5)c(N4c5cc6cc[nH]c6nc5O[C@H]5COCC[C@@H]54)c3)CC2)C1. The van der Waals surface area contributed by atoms with Crippen LogP contribution in [-0.2, 0) is 30.8 Å². The van der Waals surface area contributed by atoms with Crippen molar-refractivity contribution in [2.45, 2.75) is 126 Å². The van der Waals surface area contributed by atoms with E-state index in [-0.39, 0.29) is 71.8 Å². The molecule has 6 fully saturated rings. The molecule has 10 heterocycles. The van der Waals surface area contributed by atoms with Gasteiger partial charge in [-0.25, -0.2) is 18.1 Å². The summed E-state index contributed by atoms with van der Waals surface area (Å²) >= 11 is 0. The maximum Gasteiger partial charge on any atom is 0.297 e. The number of nitrogens with zero attached hydrogens (tertiary/aromatic N) is 8. The lowest BCUT2D eigenvalue weighted by atomic mass is 9.59. The van der Waals surface area contributed by atoms with Crippen molar-refractivity contribution in [3.63, 3.8) is 0 Å². The van der Waals surface area contributed by atoms with Crippen molar-refractivity contribution in [2.75, 3.05) is 106 Å². The van der Waals surface area contributed by atoms with Crippen LogP contribution in [0, 0.1) is 28.4 Å². The summed E-state index contributed by atoms with van der Waals surface area (Å²) in [5.41, 5.74) is 6.42. The molecule has 7 aliphatic heterocycles. The fourth-order valence-electron chi connectivity index (χ4n) is 15.1. The quantitative estimate of drug-likeness (QED) is 0.0682. The van der Waals surface area contributed by atoms with Gasteiger partial charge in [-0.3, -0.25) is 24.7 Å². The number of anilines is 5. The number of carbonyl (C=O) groups is 1. The van der Waals surface area contributed by atoms with Crippen molar-refractivity contribution in [1.82, 2.24) is 29.5 Å². The summed E-state index contributed by atoms with van der Waals surface area (Å²) in [6.45, 7) is 17.9. The summed E-state index contributed by atoms with van der Waals surface area (Å²) in [5.74, 6) is 1.36. The number of nitro benzene ring substituents is 1. The third-order valence-corrected chi connectivity index (χ3v) is 21.1. The summed E-state index contributed by atoms with van der Waals surface area (Å²) in [5, 5.41) is 16.8. The molecule has 3 aromatic heterocycles. The zero-order valence-corrected chi connectivity index (χ0v) is 51.3. The van der Waals surface area contributed by atoms with E-state index in [1.807, 2.05) is 36.7 Å². The van der Waals surface area contributed by atoms with Gasteiger partial charge in [0, 0.05) is 113 Å². The molecule has 6 aromatic rings. The molecule has 3 aromatic carbocycles. The van der Waals surface area contributed by atoms with Crippen LogP contribution >= 0.6 is 0 Å². The predicted molar refractivity (Wildman–Crippen MR) is 333 cm³/mol. The molecule has 466 valence electrons. The highest BCUT2D eigenvalue weighted by atomic mass is 32.2. The van der Waals surface area contributed by atoms with Crippen molar-refractivity contribution >= 4 is 61.2 Å². The lowest BCUT2D eigenvalue weighted by molar-refractivity contribution is -0.384. The molecule has 1 aliphatic carbocycles. The molecule has 8 aliphatic rings. The minimum Gasteiger partial charge on any atom is -0.489 e. The number of H-pyrrole nitrogens is 1. The number of nitrogens with one attached hydrogen (secondary N) is 3. The number of aromatic nitrogens is 3. The van der Waals surface area contributed by atoms with E-state index < -0.39 is 37.5 Å². The Kier molecular flexibility index (Phi) is 15.9. The number of ether oxygens (including phenoxy) is 6. The van der Waals surface area contributed by atoms with Crippen LogP contribution in [0.3, 0.4) is 0 Å². The number of rotatable bonds is 14. The van der Waals surface area contributed by atoms with E-state index in [1.165, 1.54) is 17.2 Å². The first-order valence-corrected chi connectivity index (χ1v) is 32.9. The van der Waals surface area contributed by atoms with Crippen LogP contribution in [0.1, 0.15) is 98.8 Å². The number of hydrogen-bond donors (Lipinski definition) is 3. The third-order valence-electron chi connectivity index (χ3n) is 19.8. The van der Waals surface area contributed by atoms with Crippen LogP contribution in [0.2, 0.25) is 0 Å². The molecule has 1 spiro atoms. The smallest absolute Gasteiger partial charge is 0.297 e. The van der Waals surface area contributed by atoms with Gasteiger partial charge in [-0.15, -0.1) is 0 Å². The number of fused-ring (bicyclic) bond motifs is 4. The van der Waals surface area contributed by atoms with Crippen molar-refractivity contribution in [1.29, 1.82) is 0 Å². The highest BCUT2D eigenvalue weighted by Gasteiger charge is 2.51. The van der Waals surface area contributed by atoms with E-state index in [4.69, 9.17) is 38.4 Å². The van der Waals surface area contributed by atoms with E-state index in [0.29, 0.717) is 68.4 Å². The van der Waals surface area contributed by atoms with E-state index in [0.717, 1.165) is 119 Å². The number of aromatic amines is 1. The molecule has 22 nitrogen and oxygen atoms in total. The van der Waals surface area contributed by atoms with E-state index in [1.54, 1.807) is 6.07 Å². The number of piperidine rings is 1. The summed E-state index contributed by atoms with van der Waals surface area (Å²) in [6.07, 6.45) is 9.74. The highest BCUT2D eigenvalue weighted by Crippen LogP contribution is 2.54. The van der Waals surface area contributed by atoms with Crippen LogP contribution in [0.15, 0.2) is 90.1 Å². The van der Waals surface area contributed by atoms with Crippen LogP contribution in [0.25, 0.3) is 11.0 Å². The topological polar surface area (TPSA) is 232 Å². The van der Waals surface area contributed by atoms with Gasteiger partial charge in [0.1, 0.15) is 24.0 Å². The zero-order chi connectivity index (χ0) is 60.4. The predicted octanol–water partition coefficient (Wildman–Crippen LogP) is 8.90. The van der Waals surface area contributed by atoms with Gasteiger partial charge in [-0.1, -0.05) is 24.3 Å². The number of benzene rings is 3. The Morgan fingerprint density at radius 3 is 2.51 bits per heavy atom. The highest BCUT2D eigenvalue weighted by molar-refractivity contribution is 7.90. The Labute approximate surface area is 513 Å². The van der Waals surface area contributed by atoms with Gasteiger partial charge in [0.15, 0.2) is 23.0 Å². The molecule has 5 saturated heterocycles. The minimum atomic E-state index is -4.72. The van der Waals surface area contributed by atoms with Crippen molar-refractivity contribution in [3.8, 4) is 17.4 Å². The molecular formula is C65H79N11O11S. The maximum absolute atomic E-state index is 15.0. The number of hydrogen-bond acceptors (Lipinski definition) is 19. The van der Waals surface area contributed by atoms with Crippen molar-refractivity contribution in [3.05, 3.63) is 118 Å². The number of pyridine rings is 2. The first kappa shape index (κ1) is 58.4. The second-order valence-electron chi connectivity index (χ2n) is 25.7. The van der Waals surface area contributed by atoms with E-state index >= 15 is 0 Å². The summed E-state index contributed by atoms with van der Waals surface area (Å²) in [7, 11) is -4.72. The second kappa shape index (κ2) is 23.9. The fraction of sp³-hybridized carbons (Fsp3) is 0.523. The van der Waals surface area contributed by atoms with E-state index in [2.05, 4.69) is 97.5 Å². The Morgan fingerprint density at radius 1 is 0.909 bits per heavy atom. The summed E-state index contributed by atoms with van der Waals surface area (Å²) in [4.78, 5) is 51.8. The monoisotopic (exact) mass is 1220 g/mol. The third kappa shape index (κ3) is 11.3. The van der Waals surface area contributed by atoms with Gasteiger partial charge in [0.2, 0.25) is 5.88 Å². The molecule has 14 rings (SSSR count). The summed E-state index contributed by atoms with van der Waals surface area (Å²) in [6, 6.07) is 23.2. The standard InChI is InChI=1S/C65H79N11O11S/c1-40(2)86-58-27-43(34-67-62(58)73-22-26-84-37-42(73)4)35-71-20-21-74(56(36-71)49-8-6-5-7-41(49)3)47-32-65(33-47)15-18-72(19-16-65)46-9-10-50(53(29-46)75-52-14-25-83-39-59(52)87-64-55(75)28-45-11-17-66-61(45)69-64)63(77)70-88(80,81)48-30-54(76(78)79)60-57(31-48)85-38-51(68-60)44-12-23-82-24-13-44/h5-11,17,27-31,34,40,42,44,47,51-52,56,59,68H,12-16,18-26,32-33,35-39H2,1-4H3,(H,66,69)(H,70,77)/t42-,51-,52-,56-,59-/m0/s1. The number of sulfonamides is 1. The lowest BCUT2D eigenvalue weighted by Gasteiger charge is -2.58. The molecule has 0 bridgehead atoms. The maximum atomic E-state index is 15.0. The number of carbonyl (C=O) groups excluding carboxylic acids is 1. The number of nitro groups is 1. The molecule has 0 unspecified atom stereocenters. The zero-order valence-electron chi connectivity index (χ0n) is 50.5. The molecule has 23 heteroatoms. The first-order valence-electron chi connectivity index (χ1n) is 31.5. The van der Waals surface area contributed by atoms with Gasteiger partial charge in [0.25, 0.3) is 21.6 Å². The average Bonchev–Trinajstić information content (AvgIpc) is 1.18. The molecule has 1 amide bonds. The Bertz CT molecular complexity index is 3710. The van der Waals surface area contributed by atoms with Gasteiger partial charge in [-0.2, -0.15) is 4.98 Å². The number of morpholine rings is 1. The molecular weight excluding hydrogens is 1140 g/mol. The van der Waals surface area contributed by atoms with Gasteiger partial charge in [-0.05, 0) is 137 Å². The van der Waals surface area contributed by atoms with Crippen molar-refractivity contribution < 1.29 is 46.6 Å². The number of aryl methyl sites for hydroxylation is 1. The lowest BCUT2D eigenvalue weighted by Crippen LogP contribution is -2.59. The molecule has 5 atom stereocenters. The molecule has 0 radical (unpaired) electrons. The van der Waals surface area contributed by atoms with Crippen LogP contribution in [0.5, 0.6) is 17.4 Å². The molecule has 3 N–H and O–H groups in total.